The number of hydrogen-bond donors (Lipinski definition) is 0. The Morgan fingerprint density at radius 2 is 1.48 bits per heavy atom. The third-order valence-corrected chi connectivity index (χ3v) is 6.94. The molecule has 3 aliphatic rings. The molecule has 4 heteroatoms. The first-order chi connectivity index (χ1) is 16.0. The number of para-hydroxylation sites is 1. The lowest BCUT2D eigenvalue weighted by Gasteiger charge is -2.41. The average molecular weight is 450 g/mol. The quantitative estimate of drug-likeness (QED) is 0.616. The van der Waals surface area contributed by atoms with Gasteiger partial charge in [0.05, 0.1) is 11.7 Å². The van der Waals surface area contributed by atoms with Gasteiger partial charge in [0, 0.05) is 38.3 Å². The van der Waals surface area contributed by atoms with E-state index >= 15 is 0 Å². The van der Waals surface area contributed by atoms with Gasteiger partial charge >= 0.3 is 0 Å². The Labute approximate surface area is 201 Å². The molecule has 2 aromatic carbocycles. The van der Waals surface area contributed by atoms with Crippen LogP contribution in [0.15, 0.2) is 48.5 Å². The van der Waals surface area contributed by atoms with Crippen molar-refractivity contribution in [3.63, 3.8) is 0 Å². The van der Waals surface area contributed by atoms with E-state index in [1.165, 1.54) is 22.4 Å². The van der Waals surface area contributed by atoms with E-state index in [1.54, 1.807) is 0 Å². The summed E-state index contributed by atoms with van der Waals surface area (Å²) in [7, 11) is 0. The number of piperazine rings is 1. The Balaban J connectivity index is 0.000000728. The van der Waals surface area contributed by atoms with Gasteiger partial charge in [-0.3, -0.25) is 14.6 Å². The van der Waals surface area contributed by atoms with Crippen LogP contribution in [0.2, 0.25) is 0 Å². The minimum Gasteiger partial charge on any atom is -0.305 e. The van der Waals surface area contributed by atoms with Crippen molar-refractivity contribution in [2.24, 2.45) is 0 Å². The van der Waals surface area contributed by atoms with E-state index in [-0.39, 0.29) is 11.6 Å². The van der Waals surface area contributed by atoms with Crippen LogP contribution in [0.4, 0.5) is 5.69 Å². The summed E-state index contributed by atoms with van der Waals surface area (Å²) >= 11 is 0. The van der Waals surface area contributed by atoms with E-state index in [9.17, 15) is 4.79 Å². The van der Waals surface area contributed by atoms with Crippen molar-refractivity contribution in [3.05, 3.63) is 65.2 Å². The van der Waals surface area contributed by atoms with Crippen LogP contribution in [-0.4, -0.2) is 53.5 Å². The van der Waals surface area contributed by atoms with Crippen LogP contribution in [-0.2, 0) is 24.2 Å². The molecule has 0 N–H and O–H groups in total. The van der Waals surface area contributed by atoms with E-state index in [2.05, 4.69) is 77.1 Å². The van der Waals surface area contributed by atoms with Gasteiger partial charge in [0.2, 0.25) is 5.91 Å². The van der Waals surface area contributed by atoms with Crippen molar-refractivity contribution in [2.45, 2.75) is 78.9 Å². The first-order valence-corrected chi connectivity index (χ1v) is 13.0. The lowest BCUT2D eigenvalue weighted by Crippen LogP contribution is -2.58. The van der Waals surface area contributed by atoms with E-state index in [1.807, 2.05) is 27.7 Å². The van der Waals surface area contributed by atoms with Crippen LogP contribution < -0.4 is 4.90 Å². The number of anilines is 1. The maximum atomic E-state index is 13.7. The lowest BCUT2D eigenvalue weighted by atomic mass is 9.96. The Morgan fingerprint density at radius 3 is 2.15 bits per heavy atom. The average Bonchev–Trinajstić information content (AvgIpc) is 3.03. The zero-order chi connectivity index (χ0) is 24.0. The summed E-state index contributed by atoms with van der Waals surface area (Å²) in [6, 6.07) is 17.3. The SMILES string of the molecule is CC.CC.CC1(C)Cc2cccc3c2N1C(=O)C(N1CCN(Cc2ccccc2)CC1)CC3. The topological polar surface area (TPSA) is 26.8 Å². The van der Waals surface area contributed by atoms with Gasteiger partial charge in [-0.25, -0.2) is 0 Å². The highest BCUT2D eigenvalue weighted by Gasteiger charge is 2.46. The highest BCUT2D eigenvalue weighted by Crippen LogP contribution is 2.44. The first kappa shape index (κ1) is 25.5. The molecular weight excluding hydrogens is 406 g/mol. The summed E-state index contributed by atoms with van der Waals surface area (Å²) in [5.41, 5.74) is 5.15. The van der Waals surface area contributed by atoms with Gasteiger partial charge in [-0.15, -0.1) is 0 Å². The van der Waals surface area contributed by atoms with Crippen molar-refractivity contribution in [3.8, 4) is 0 Å². The highest BCUT2D eigenvalue weighted by molar-refractivity contribution is 6.02. The number of hydrogen-bond acceptors (Lipinski definition) is 3. The van der Waals surface area contributed by atoms with Gasteiger partial charge < -0.3 is 4.90 Å². The molecule has 3 aliphatic heterocycles. The van der Waals surface area contributed by atoms with Crippen LogP contribution in [0.1, 0.15) is 64.7 Å². The predicted molar refractivity (Wildman–Crippen MR) is 140 cm³/mol. The van der Waals surface area contributed by atoms with E-state index in [0.29, 0.717) is 5.91 Å². The van der Waals surface area contributed by atoms with Crippen LogP contribution in [0.3, 0.4) is 0 Å². The second-order valence-corrected chi connectivity index (χ2v) is 9.44. The first-order valence-electron chi connectivity index (χ1n) is 13.0. The Bertz CT molecular complexity index is 900. The Hall–Kier alpha value is -2.17. The molecule has 1 saturated heterocycles. The lowest BCUT2D eigenvalue weighted by molar-refractivity contribution is -0.125. The van der Waals surface area contributed by atoms with Gasteiger partial charge in [-0.1, -0.05) is 76.2 Å². The summed E-state index contributed by atoms with van der Waals surface area (Å²) < 4.78 is 0. The molecule has 5 rings (SSSR count). The molecule has 0 aliphatic carbocycles. The summed E-state index contributed by atoms with van der Waals surface area (Å²) in [6.07, 6.45) is 2.89. The minimum atomic E-state index is -0.132. The highest BCUT2D eigenvalue weighted by atomic mass is 16.2. The van der Waals surface area contributed by atoms with Crippen LogP contribution >= 0.6 is 0 Å². The summed E-state index contributed by atoms with van der Waals surface area (Å²) in [4.78, 5) is 20.8. The number of benzene rings is 2. The van der Waals surface area contributed by atoms with Gasteiger partial charge in [-0.2, -0.15) is 0 Å². The summed E-state index contributed by atoms with van der Waals surface area (Å²) in [5.74, 6) is 0.315. The molecular formula is C29H43N3O. The van der Waals surface area contributed by atoms with Crippen LogP contribution in [0, 0.1) is 0 Å². The molecule has 0 saturated carbocycles. The molecule has 1 amide bonds. The molecule has 0 radical (unpaired) electrons. The molecule has 0 spiro atoms. The van der Waals surface area contributed by atoms with E-state index < -0.39 is 0 Å². The van der Waals surface area contributed by atoms with Crippen molar-refractivity contribution in [1.29, 1.82) is 0 Å². The maximum absolute atomic E-state index is 13.7. The van der Waals surface area contributed by atoms with Gasteiger partial charge in [0.1, 0.15) is 0 Å². The van der Waals surface area contributed by atoms with E-state index in [4.69, 9.17) is 0 Å². The number of aryl methyl sites for hydroxylation is 1. The Morgan fingerprint density at radius 1 is 0.848 bits per heavy atom. The number of rotatable bonds is 3. The fraction of sp³-hybridized carbons (Fsp3) is 0.552. The van der Waals surface area contributed by atoms with Crippen molar-refractivity contribution >= 4 is 11.6 Å². The molecule has 33 heavy (non-hydrogen) atoms. The standard InChI is InChI=1S/C25H31N3O.2C2H6/c1-25(2)17-21-10-6-9-20-11-12-22(24(29)28(25)23(20)21)27-15-13-26(14-16-27)18-19-7-4-3-5-8-19;2*1-2/h3-10,22H,11-18H2,1-2H3;2*1-2H3. The fourth-order valence-corrected chi connectivity index (χ4v) is 5.51. The summed E-state index contributed by atoms with van der Waals surface area (Å²) in [5, 5.41) is 0. The molecule has 0 bridgehead atoms. The monoisotopic (exact) mass is 449 g/mol. The number of amides is 1. The second kappa shape index (κ2) is 11.3. The van der Waals surface area contributed by atoms with Crippen molar-refractivity contribution in [1.82, 2.24) is 9.80 Å². The molecule has 180 valence electrons. The van der Waals surface area contributed by atoms with Crippen LogP contribution in [0.25, 0.3) is 0 Å². The molecule has 0 aromatic heterocycles. The fourth-order valence-electron chi connectivity index (χ4n) is 5.51. The number of carbonyl (C=O) groups is 1. The molecule has 3 heterocycles. The Kier molecular flexibility index (Phi) is 8.72. The number of carbonyl (C=O) groups excluding carboxylic acids is 1. The minimum absolute atomic E-state index is 0.00602. The normalized spacial score (nSPS) is 21.8. The summed E-state index contributed by atoms with van der Waals surface area (Å²) in [6.45, 7) is 17.4. The second-order valence-electron chi connectivity index (χ2n) is 9.44. The smallest absolute Gasteiger partial charge is 0.244 e. The van der Waals surface area contributed by atoms with Crippen molar-refractivity contribution in [2.75, 3.05) is 31.1 Å². The number of nitrogens with zero attached hydrogens (tertiary/aromatic N) is 3. The molecule has 1 unspecified atom stereocenters. The van der Waals surface area contributed by atoms with Gasteiger partial charge in [0.25, 0.3) is 0 Å². The molecule has 1 atom stereocenters. The molecule has 4 nitrogen and oxygen atoms in total. The van der Waals surface area contributed by atoms with Gasteiger partial charge in [0.15, 0.2) is 0 Å². The van der Waals surface area contributed by atoms with Crippen LogP contribution in [0.5, 0.6) is 0 Å². The van der Waals surface area contributed by atoms with E-state index in [0.717, 1.165) is 52.0 Å². The third kappa shape index (κ3) is 5.33. The van der Waals surface area contributed by atoms with Gasteiger partial charge in [-0.05, 0) is 49.8 Å². The molecule has 2 aromatic rings. The predicted octanol–water partition coefficient (Wildman–Crippen LogP) is 5.54. The zero-order valence-electron chi connectivity index (χ0n) is 21.6. The third-order valence-electron chi connectivity index (χ3n) is 6.94. The largest absolute Gasteiger partial charge is 0.305 e. The maximum Gasteiger partial charge on any atom is 0.244 e. The molecule has 1 fully saturated rings. The zero-order valence-corrected chi connectivity index (χ0v) is 21.6. The van der Waals surface area contributed by atoms with Crippen molar-refractivity contribution < 1.29 is 4.79 Å².